The van der Waals surface area contributed by atoms with Crippen LogP contribution < -0.4 is 0 Å². The Morgan fingerprint density at radius 2 is 2.17 bits per heavy atom. The average Bonchev–Trinajstić information content (AvgIpc) is 2.99. The van der Waals surface area contributed by atoms with E-state index < -0.39 is 10.8 Å². The lowest BCUT2D eigenvalue weighted by atomic mass is 10.2. The van der Waals surface area contributed by atoms with Crippen molar-refractivity contribution in [1.82, 2.24) is 15.0 Å². The largest absolute Gasteiger partial charge is 0.462 e. The van der Waals surface area contributed by atoms with E-state index in [0.717, 1.165) is 5.69 Å². The normalized spacial score (nSPS) is 12.2. The molecular formula is C16H15N3O3S. The summed E-state index contributed by atoms with van der Waals surface area (Å²) in [4.78, 5) is 23.2. The number of aromatic nitrogens is 3. The number of H-pyrrole nitrogens is 1. The number of imidazole rings is 1. The molecule has 0 radical (unpaired) electrons. The molecule has 0 aliphatic carbocycles. The molecule has 118 valence electrons. The first-order valence-electron chi connectivity index (χ1n) is 7.12. The fourth-order valence-electron chi connectivity index (χ4n) is 2.12. The fourth-order valence-corrected chi connectivity index (χ4v) is 3.12. The Balaban J connectivity index is 1.85. The van der Waals surface area contributed by atoms with Crippen LogP contribution in [0.25, 0.3) is 11.0 Å². The standard InChI is InChI=1S/C16H15N3O3S/c1-2-22-15(20)11-6-7-13-14(9-11)19-16(18-13)23(21)10-12-5-3-4-8-17-12/h3-9H,2,10H2,1H3,(H,18,19). The number of carbonyl (C=O) groups is 1. The van der Waals surface area contributed by atoms with Gasteiger partial charge in [0.25, 0.3) is 0 Å². The highest BCUT2D eigenvalue weighted by molar-refractivity contribution is 7.84. The molecule has 6 nitrogen and oxygen atoms in total. The van der Waals surface area contributed by atoms with Crippen molar-refractivity contribution in [2.75, 3.05) is 6.61 Å². The van der Waals surface area contributed by atoms with Crippen LogP contribution in [0.1, 0.15) is 23.0 Å². The summed E-state index contributed by atoms with van der Waals surface area (Å²) in [5, 5.41) is 0.367. The topological polar surface area (TPSA) is 84.9 Å². The lowest BCUT2D eigenvalue weighted by Crippen LogP contribution is -2.04. The van der Waals surface area contributed by atoms with Gasteiger partial charge in [-0.05, 0) is 37.3 Å². The van der Waals surface area contributed by atoms with Gasteiger partial charge in [0.1, 0.15) is 0 Å². The van der Waals surface area contributed by atoms with Crippen LogP contribution in [0.15, 0.2) is 47.8 Å². The van der Waals surface area contributed by atoms with E-state index in [1.54, 1.807) is 31.3 Å². The number of hydrogen-bond acceptors (Lipinski definition) is 5. The van der Waals surface area contributed by atoms with Crippen molar-refractivity contribution >= 4 is 27.8 Å². The van der Waals surface area contributed by atoms with Crippen molar-refractivity contribution in [1.29, 1.82) is 0 Å². The van der Waals surface area contributed by atoms with Crippen LogP contribution in [-0.2, 0) is 21.3 Å². The quantitative estimate of drug-likeness (QED) is 0.727. The second-order valence-corrected chi connectivity index (χ2v) is 6.17. The smallest absolute Gasteiger partial charge is 0.338 e. The van der Waals surface area contributed by atoms with Crippen molar-refractivity contribution in [3.63, 3.8) is 0 Å². The van der Waals surface area contributed by atoms with Crippen LogP contribution in [0, 0.1) is 0 Å². The number of ether oxygens (including phenoxy) is 1. The SMILES string of the molecule is CCOC(=O)c1ccc2nc(S(=O)Cc3ccccn3)[nH]c2c1. The summed E-state index contributed by atoms with van der Waals surface area (Å²) in [6.45, 7) is 2.07. The number of pyridine rings is 1. The lowest BCUT2D eigenvalue weighted by Gasteiger charge is -2.00. The highest BCUT2D eigenvalue weighted by atomic mass is 32.2. The molecule has 1 unspecified atom stereocenters. The highest BCUT2D eigenvalue weighted by Gasteiger charge is 2.13. The van der Waals surface area contributed by atoms with Gasteiger partial charge in [-0.15, -0.1) is 0 Å². The minimum Gasteiger partial charge on any atom is -0.462 e. The average molecular weight is 329 g/mol. The molecule has 1 aromatic carbocycles. The third kappa shape index (κ3) is 3.45. The molecule has 0 aliphatic heterocycles. The van der Waals surface area contributed by atoms with Crippen molar-refractivity contribution in [3.8, 4) is 0 Å². The lowest BCUT2D eigenvalue weighted by molar-refractivity contribution is 0.0526. The zero-order chi connectivity index (χ0) is 16.2. The summed E-state index contributed by atoms with van der Waals surface area (Å²) in [6, 6.07) is 10.5. The van der Waals surface area contributed by atoms with Gasteiger partial charge in [0.15, 0.2) is 5.16 Å². The first kappa shape index (κ1) is 15.4. The van der Waals surface area contributed by atoms with Gasteiger partial charge in [-0.1, -0.05) is 6.07 Å². The van der Waals surface area contributed by atoms with Crippen LogP contribution in [0.3, 0.4) is 0 Å². The van der Waals surface area contributed by atoms with Gasteiger partial charge in [-0.3, -0.25) is 9.19 Å². The molecule has 2 aromatic heterocycles. The minimum atomic E-state index is -1.33. The molecule has 23 heavy (non-hydrogen) atoms. The van der Waals surface area contributed by atoms with Crippen LogP contribution in [0.4, 0.5) is 0 Å². The monoisotopic (exact) mass is 329 g/mol. The predicted molar refractivity (Wildman–Crippen MR) is 86.4 cm³/mol. The van der Waals surface area contributed by atoms with Crippen LogP contribution in [0.2, 0.25) is 0 Å². The van der Waals surface area contributed by atoms with Crippen molar-refractivity contribution in [2.24, 2.45) is 0 Å². The number of esters is 1. The molecule has 0 bridgehead atoms. The minimum absolute atomic E-state index is 0.283. The highest BCUT2D eigenvalue weighted by Crippen LogP contribution is 2.17. The molecule has 7 heteroatoms. The van der Waals surface area contributed by atoms with E-state index in [0.29, 0.717) is 28.4 Å². The zero-order valence-corrected chi connectivity index (χ0v) is 13.3. The van der Waals surface area contributed by atoms with Gasteiger partial charge in [0.2, 0.25) is 0 Å². The number of benzene rings is 1. The maximum absolute atomic E-state index is 12.4. The van der Waals surface area contributed by atoms with E-state index in [4.69, 9.17) is 4.74 Å². The summed E-state index contributed by atoms with van der Waals surface area (Å²) in [6.07, 6.45) is 1.66. The second kappa shape index (κ2) is 6.70. The maximum atomic E-state index is 12.4. The van der Waals surface area contributed by atoms with Gasteiger partial charge < -0.3 is 9.72 Å². The molecular weight excluding hydrogens is 314 g/mol. The Morgan fingerprint density at radius 1 is 1.30 bits per heavy atom. The summed E-state index contributed by atoms with van der Waals surface area (Å²) < 4.78 is 17.4. The third-order valence-corrected chi connectivity index (χ3v) is 4.37. The molecule has 0 fully saturated rings. The Kier molecular flexibility index (Phi) is 4.47. The number of nitrogens with zero attached hydrogens (tertiary/aromatic N) is 2. The number of nitrogens with one attached hydrogen (secondary N) is 1. The van der Waals surface area contributed by atoms with E-state index in [1.165, 1.54) is 0 Å². The van der Waals surface area contributed by atoms with Gasteiger partial charge in [-0.2, -0.15) is 0 Å². The summed E-state index contributed by atoms with van der Waals surface area (Å²) in [5.41, 5.74) is 2.48. The molecule has 1 N–H and O–H groups in total. The Morgan fingerprint density at radius 3 is 2.91 bits per heavy atom. The molecule has 0 aliphatic rings. The Bertz CT molecular complexity index is 861. The molecule has 3 rings (SSSR count). The van der Waals surface area contributed by atoms with Crippen molar-refractivity contribution < 1.29 is 13.7 Å². The summed E-state index contributed by atoms with van der Waals surface area (Å²) in [7, 11) is -1.33. The first-order valence-corrected chi connectivity index (χ1v) is 8.44. The van der Waals surface area contributed by atoms with Gasteiger partial charge in [-0.25, -0.2) is 9.78 Å². The molecule has 0 amide bonds. The molecule has 0 saturated carbocycles. The maximum Gasteiger partial charge on any atom is 0.338 e. The van der Waals surface area contributed by atoms with Gasteiger partial charge >= 0.3 is 5.97 Å². The van der Waals surface area contributed by atoms with E-state index in [1.807, 2.05) is 18.2 Å². The Labute approximate surface area is 135 Å². The molecule has 0 spiro atoms. The molecule has 2 heterocycles. The van der Waals surface area contributed by atoms with E-state index in [9.17, 15) is 9.00 Å². The fraction of sp³-hybridized carbons (Fsp3) is 0.188. The third-order valence-electron chi connectivity index (χ3n) is 3.19. The Hall–Kier alpha value is -2.54. The number of fused-ring (bicyclic) bond motifs is 1. The van der Waals surface area contributed by atoms with Crippen molar-refractivity contribution in [2.45, 2.75) is 17.8 Å². The van der Waals surface area contributed by atoms with Gasteiger partial charge in [0, 0.05) is 6.20 Å². The number of rotatable bonds is 5. The second-order valence-electron chi connectivity index (χ2n) is 4.81. The van der Waals surface area contributed by atoms with Crippen LogP contribution in [-0.4, -0.2) is 31.7 Å². The van der Waals surface area contributed by atoms with Crippen LogP contribution in [0.5, 0.6) is 0 Å². The number of aromatic amines is 1. The number of carbonyl (C=O) groups excluding carboxylic acids is 1. The summed E-state index contributed by atoms with van der Waals surface area (Å²) in [5.74, 6) is -0.106. The predicted octanol–water partition coefficient (Wildman–Crippen LogP) is 2.44. The zero-order valence-electron chi connectivity index (χ0n) is 12.5. The van der Waals surface area contributed by atoms with Crippen LogP contribution >= 0.6 is 0 Å². The molecule has 3 aromatic rings. The molecule has 0 saturated heterocycles. The van der Waals surface area contributed by atoms with E-state index in [-0.39, 0.29) is 11.7 Å². The first-order chi connectivity index (χ1) is 11.2. The van der Waals surface area contributed by atoms with Gasteiger partial charge in [0.05, 0.1) is 45.5 Å². The van der Waals surface area contributed by atoms with E-state index >= 15 is 0 Å². The van der Waals surface area contributed by atoms with Crippen molar-refractivity contribution in [3.05, 3.63) is 53.9 Å². The van der Waals surface area contributed by atoms with E-state index in [2.05, 4.69) is 15.0 Å². The summed E-state index contributed by atoms with van der Waals surface area (Å²) >= 11 is 0. The number of hydrogen-bond donors (Lipinski definition) is 1. The molecule has 1 atom stereocenters.